The first-order chi connectivity index (χ1) is 10.0. The SMILES string of the molecule is COC/C1=C/CN(S(=O)(=O)c2ccc(C)cc2)CCCO1. The highest BCUT2D eigenvalue weighted by Gasteiger charge is 2.24. The molecule has 0 atom stereocenters. The van der Waals surface area contributed by atoms with E-state index < -0.39 is 10.0 Å². The van der Waals surface area contributed by atoms with Crippen LogP contribution in [0.5, 0.6) is 0 Å². The predicted molar refractivity (Wildman–Crippen MR) is 80.5 cm³/mol. The van der Waals surface area contributed by atoms with Crippen LogP contribution in [-0.2, 0) is 19.5 Å². The first-order valence-corrected chi connectivity index (χ1v) is 8.35. The number of sulfonamides is 1. The molecule has 1 aromatic carbocycles. The molecule has 1 aromatic rings. The van der Waals surface area contributed by atoms with Gasteiger partial charge in [-0.3, -0.25) is 0 Å². The number of nitrogens with zero attached hydrogens (tertiary/aromatic N) is 1. The van der Waals surface area contributed by atoms with Crippen LogP contribution in [0, 0.1) is 6.92 Å². The minimum Gasteiger partial charge on any atom is -0.496 e. The lowest BCUT2D eigenvalue weighted by Gasteiger charge is -2.24. The lowest BCUT2D eigenvalue weighted by Crippen LogP contribution is -2.34. The topological polar surface area (TPSA) is 55.8 Å². The first kappa shape index (κ1) is 16.0. The lowest BCUT2D eigenvalue weighted by molar-refractivity contribution is 0.122. The van der Waals surface area contributed by atoms with Crippen LogP contribution in [-0.4, -0.2) is 46.1 Å². The number of hydrogen-bond acceptors (Lipinski definition) is 4. The van der Waals surface area contributed by atoms with Crippen molar-refractivity contribution in [2.45, 2.75) is 18.2 Å². The van der Waals surface area contributed by atoms with Gasteiger partial charge in [-0.2, -0.15) is 4.31 Å². The van der Waals surface area contributed by atoms with Gasteiger partial charge in [-0.05, 0) is 31.6 Å². The monoisotopic (exact) mass is 311 g/mol. The summed E-state index contributed by atoms with van der Waals surface area (Å²) in [7, 11) is -1.88. The molecule has 0 N–H and O–H groups in total. The van der Waals surface area contributed by atoms with Crippen molar-refractivity contribution in [3.05, 3.63) is 41.7 Å². The van der Waals surface area contributed by atoms with E-state index in [1.165, 1.54) is 4.31 Å². The summed E-state index contributed by atoms with van der Waals surface area (Å²) >= 11 is 0. The molecule has 1 aliphatic rings. The summed E-state index contributed by atoms with van der Waals surface area (Å²) in [6.45, 7) is 3.54. The molecular weight excluding hydrogens is 290 g/mol. The molecule has 21 heavy (non-hydrogen) atoms. The number of aryl methyl sites for hydroxylation is 1. The second kappa shape index (κ2) is 7.06. The van der Waals surface area contributed by atoms with Crippen molar-refractivity contribution in [3.63, 3.8) is 0 Å². The minimum atomic E-state index is -3.46. The van der Waals surface area contributed by atoms with Crippen LogP contribution in [0.3, 0.4) is 0 Å². The predicted octanol–water partition coefficient (Wildman–Crippen LogP) is 1.94. The van der Waals surface area contributed by atoms with Crippen molar-refractivity contribution in [2.75, 3.05) is 33.4 Å². The number of benzene rings is 1. The molecule has 0 saturated carbocycles. The fraction of sp³-hybridized carbons (Fsp3) is 0.467. The van der Waals surface area contributed by atoms with Crippen molar-refractivity contribution in [1.29, 1.82) is 0 Å². The fourth-order valence-corrected chi connectivity index (χ4v) is 3.54. The number of rotatable bonds is 4. The molecule has 0 radical (unpaired) electrons. The van der Waals surface area contributed by atoms with Gasteiger partial charge in [-0.15, -0.1) is 0 Å². The van der Waals surface area contributed by atoms with E-state index in [2.05, 4.69) is 0 Å². The Hall–Kier alpha value is -1.37. The smallest absolute Gasteiger partial charge is 0.243 e. The molecule has 0 bridgehead atoms. The normalized spacial score (nSPS) is 20.0. The second-order valence-electron chi connectivity index (χ2n) is 4.98. The number of hydrogen-bond donors (Lipinski definition) is 0. The Bertz CT molecular complexity index is 593. The van der Waals surface area contributed by atoms with Crippen LogP contribution in [0.1, 0.15) is 12.0 Å². The minimum absolute atomic E-state index is 0.300. The number of ether oxygens (including phenoxy) is 2. The van der Waals surface area contributed by atoms with Gasteiger partial charge in [0, 0.05) is 20.2 Å². The summed E-state index contributed by atoms with van der Waals surface area (Å²) < 4.78 is 37.3. The average molecular weight is 311 g/mol. The Morgan fingerprint density at radius 3 is 2.67 bits per heavy atom. The summed E-state index contributed by atoms with van der Waals surface area (Å²) in [6.07, 6.45) is 2.43. The third kappa shape index (κ3) is 4.06. The Labute approximate surface area is 126 Å². The summed E-state index contributed by atoms with van der Waals surface area (Å²) in [4.78, 5) is 0.330. The Morgan fingerprint density at radius 1 is 1.29 bits per heavy atom. The van der Waals surface area contributed by atoms with Crippen molar-refractivity contribution in [1.82, 2.24) is 4.31 Å². The largest absolute Gasteiger partial charge is 0.496 e. The molecule has 0 aromatic heterocycles. The molecule has 0 aliphatic carbocycles. The van der Waals surface area contributed by atoms with Crippen molar-refractivity contribution >= 4 is 10.0 Å². The van der Waals surface area contributed by atoms with Crippen LogP contribution in [0.4, 0.5) is 0 Å². The van der Waals surface area contributed by atoms with E-state index in [0.29, 0.717) is 43.4 Å². The van der Waals surface area contributed by atoms with Crippen LogP contribution < -0.4 is 0 Å². The zero-order valence-corrected chi connectivity index (χ0v) is 13.2. The van der Waals surface area contributed by atoms with E-state index in [9.17, 15) is 8.42 Å². The van der Waals surface area contributed by atoms with Crippen molar-refractivity contribution in [2.24, 2.45) is 0 Å². The molecule has 0 amide bonds. The van der Waals surface area contributed by atoms with Crippen LogP contribution in [0.15, 0.2) is 41.0 Å². The highest BCUT2D eigenvalue weighted by atomic mass is 32.2. The van der Waals surface area contributed by atoms with E-state index in [-0.39, 0.29) is 0 Å². The maximum Gasteiger partial charge on any atom is 0.243 e. The van der Waals surface area contributed by atoms with E-state index >= 15 is 0 Å². The van der Waals surface area contributed by atoms with Crippen molar-refractivity contribution in [3.8, 4) is 0 Å². The van der Waals surface area contributed by atoms with Gasteiger partial charge < -0.3 is 9.47 Å². The molecule has 0 unspecified atom stereocenters. The van der Waals surface area contributed by atoms with Gasteiger partial charge >= 0.3 is 0 Å². The van der Waals surface area contributed by atoms with Crippen LogP contribution in [0.2, 0.25) is 0 Å². The first-order valence-electron chi connectivity index (χ1n) is 6.91. The molecule has 2 rings (SSSR count). The third-order valence-corrected chi connectivity index (χ3v) is 5.19. The van der Waals surface area contributed by atoms with Crippen LogP contribution in [0.25, 0.3) is 0 Å². The van der Waals surface area contributed by atoms with Gasteiger partial charge in [0.2, 0.25) is 10.0 Å². The molecule has 5 nitrogen and oxygen atoms in total. The molecule has 6 heteroatoms. The molecule has 1 heterocycles. The van der Waals surface area contributed by atoms with Crippen molar-refractivity contribution < 1.29 is 17.9 Å². The number of methoxy groups -OCH3 is 1. The Morgan fingerprint density at radius 2 is 2.00 bits per heavy atom. The van der Waals surface area contributed by atoms with Crippen LogP contribution >= 0.6 is 0 Å². The maximum atomic E-state index is 12.7. The van der Waals surface area contributed by atoms with Gasteiger partial charge in [0.25, 0.3) is 0 Å². The highest BCUT2D eigenvalue weighted by Crippen LogP contribution is 2.18. The summed E-state index contributed by atoms with van der Waals surface area (Å²) in [5.74, 6) is 0.682. The maximum absolute atomic E-state index is 12.7. The summed E-state index contributed by atoms with van der Waals surface area (Å²) in [5.41, 5.74) is 1.04. The Kier molecular flexibility index (Phi) is 5.39. The third-order valence-electron chi connectivity index (χ3n) is 3.31. The quantitative estimate of drug-likeness (QED) is 0.852. The van der Waals surface area contributed by atoms with Gasteiger partial charge in [0.05, 0.1) is 11.5 Å². The van der Waals surface area contributed by atoms with Gasteiger partial charge in [0.1, 0.15) is 12.4 Å². The lowest BCUT2D eigenvalue weighted by atomic mass is 10.2. The van der Waals surface area contributed by atoms with E-state index in [4.69, 9.17) is 9.47 Å². The molecule has 116 valence electrons. The van der Waals surface area contributed by atoms with Gasteiger partial charge in [0.15, 0.2) is 0 Å². The van der Waals surface area contributed by atoms with E-state index in [0.717, 1.165) is 5.56 Å². The summed E-state index contributed by atoms with van der Waals surface area (Å²) in [5, 5.41) is 0. The highest BCUT2D eigenvalue weighted by molar-refractivity contribution is 7.89. The molecular formula is C15H21NO4S. The standard InChI is InChI=1S/C15H21NO4S/c1-13-4-6-15(7-5-13)21(17,18)16-9-3-11-20-14(8-10-16)12-19-2/h4-8H,3,9-12H2,1-2H3/b14-8-. The van der Waals surface area contributed by atoms with Gasteiger partial charge in [-0.1, -0.05) is 17.7 Å². The van der Waals surface area contributed by atoms with E-state index in [1.807, 2.05) is 19.1 Å². The second-order valence-corrected chi connectivity index (χ2v) is 6.92. The molecule has 0 fully saturated rings. The molecule has 1 aliphatic heterocycles. The van der Waals surface area contributed by atoms with Gasteiger partial charge in [-0.25, -0.2) is 8.42 Å². The molecule has 0 saturated heterocycles. The zero-order chi connectivity index (χ0) is 15.3. The fourth-order valence-electron chi connectivity index (χ4n) is 2.12. The van der Waals surface area contributed by atoms with E-state index in [1.54, 1.807) is 25.3 Å². The Balaban J connectivity index is 2.22. The zero-order valence-electron chi connectivity index (χ0n) is 12.4. The molecule has 0 spiro atoms. The summed E-state index contributed by atoms with van der Waals surface area (Å²) in [6, 6.07) is 6.93. The average Bonchev–Trinajstić information content (AvgIpc) is 2.42.